The predicted octanol–water partition coefficient (Wildman–Crippen LogP) is 29.9. The minimum absolute atomic E-state index is 0.110. The molecule has 114 heavy (non-hydrogen) atoms. The first-order valence-electron chi connectivity index (χ1n) is 49.1. The molecule has 0 aromatic carbocycles. The van der Waals surface area contributed by atoms with Gasteiger partial charge in [0.05, 0.1) is 26.4 Å². The van der Waals surface area contributed by atoms with Gasteiger partial charge >= 0.3 is 39.5 Å². The Morgan fingerprint density at radius 1 is 0.237 bits per heavy atom. The lowest BCUT2D eigenvalue weighted by Gasteiger charge is -2.21. The third-order valence-corrected chi connectivity index (χ3v) is 24.4. The van der Waals surface area contributed by atoms with Crippen molar-refractivity contribution in [2.45, 2.75) is 541 Å². The van der Waals surface area contributed by atoms with Gasteiger partial charge in [-0.2, -0.15) is 0 Å². The van der Waals surface area contributed by atoms with Gasteiger partial charge in [0.15, 0.2) is 12.2 Å². The standard InChI is InChI=1S/C95H186O17P2/c1-6-9-12-15-18-21-24-27-29-31-33-34-36-40-44-49-54-59-64-69-74-79-93(98)106-85-91(112-95(100)81-76-71-66-61-56-51-46-42-38-37-39-43-48-52-57-62-67-72-77-88(4)5)87-110-114(103,104)108-83-89(96)82-107-113(101,102)109-86-90(84-105-92(97)78-73-68-63-58-53-47-26-23-20-17-14-11-8-3)111-94(99)80-75-70-65-60-55-50-45-41-35-32-30-28-25-22-19-16-13-10-7-2/h88-91,96H,6-87H2,1-5H3,(H,101,102)(H,103,104)/t89-,90+,91+/m0/s1. The summed E-state index contributed by atoms with van der Waals surface area (Å²) < 4.78 is 69.2. The van der Waals surface area contributed by atoms with Gasteiger partial charge in [-0.3, -0.25) is 37.3 Å². The summed E-state index contributed by atoms with van der Waals surface area (Å²) in [5.41, 5.74) is 0. The molecule has 0 aromatic rings. The summed E-state index contributed by atoms with van der Waals surface area (Å²) in [7, 11) is -9.94. The van der Waals surface area contributed by atoms with Crippen LogP contribution in [-0.2, 0) is 65.4 Å². The zero-order valence-corrected chi connectivity index (χ0v) is 77.0. The first kappa shape index (κ1) is 112. The van der Waals surface area contributed by atoms with E-state index < -0.39 is 97.5 Å². The minimum Gasteiger partial charge on any atom is -0.462 e. The number of rotatable bonds is 95. The van der Waals surface area contributed by atoms with Crippen LogP contribution in [0, 0.1) is 5.92 Å². The summed E-state index contributed by atoms with van der Waals surface area (Å²) >= 11 is 0. The van der Waals surface area contributed by atoms with Gasteiger partial charge in [0.2, 0.25) is 0 Å². The van der Waals surface area contributed by atoms with E-state index in [4.69, 9.17) is 37.0 Å². The Morgan fingerprint density at radius 2 is 0.404 bits per heavy atom. The SMILES string of the molecule is CCCCCCCCCCCCCCCCCCCCCCCC(=O)OC[C@H](COP(=O)(O)OC[C@@H](O)COP(=O)(O)OC[C@@H](COC(=O)CCCCCCCCCCCCCCC)OC(=O)CCCCCCCCCCCCCCCCCCCCC)OC(=O)CCCCCCCCCCCCCCCCCCCCC(C)C. The molecule has 678 valence electrons. The van der Waals surface area contributed by atoms with Crippen LogP contribution in [0.15, 0.2) is 0 Å². The summed E-state index contributed by atoms with van der Waals surface area (Å²) in [4.78, 5) is 73.6. The molecule has 0 radical (unpaired) electrons. The summed E-state index contributed by atoms with van der Waals surface area (Å²) in [6.45, 7) is 7.46. The second-order valence-electron chi connectivity index (χ2n) is 34.6. The molecule has 17 nitrogen and oxygen atoms in total. The van der Waals surface area contributed by atoms with E-state index in [9.17, 15) is 43.2 Å². The van der Waals surface area contributed by atoms with E-state index >= 15 is 0 Å². The van der Waals surface area contributed by atoms with Crippen LogP contribution in [0.1, 0.15) is 523 Å². The van der Waals surface area contributed by atoms with Gasteiger partial charge < -0.3 is 33.8 Å². The second-order valence-corrected chi connectivity index (χ2v) is 37.5. The van der Waals surface area contributed by atoms with Crippen molar-refractivity contribution in [2.24, 2.45) is 5.92 Å². The van der Waals surface area contributed by atoms with Gasteiger partial charge in [-0.05, 0) is 31.6 Å². The van der Waals surface area contributed by atoms with E-state index in [-0.39, 0.29) is 25.7 Å². The third-order valence-electron chi connectivity index (χ3n) is 22.5. The molecule has 0 amide bonds. The van der Waals surface area contributed by atoms with E-state index in [1.807, 2.05) is 0 Å². The van der Waals surface area contributed by atoms with Crippen molar-refractivity contribution >= 4 is 39.5 Å². The van der Waals surface area contributed by atoms with Gasteiger partial charge in [-0.15, -0.1) is 0 Å². The third kappa shape index (κ3) is 87.9. The number of hydrogen-bond donors (Lipinski definition) is 3. The fraction of sp³-hybridized carbons (Fsp3) is 0.958. The van der Waals surface area contributed by atoms with Crippen LogP contribution in [0.5, 0.6) is 0 Å². The maximum absolute atomic E-state index is 13.2. The highest BCUT2D eigenvalue weighted by molar-refractivity contribution is 7.47. The van der Waals surface area contributed by atoms with Crippen molar-refractivity contribution in [3.8, 4) is 0 Å². The molecule has 3 N–H and O–H groups in total. The molecule has 0 saturated carbocycles. The Balaban J connectivity index is 5.25. The van der Waals surface area contributed by atoms with E-state index in [2.05, 4.69) is 34.6 Å². The summed E-state index contributed by atoms with van der Waals surface area (Å²) in [6, 6.07) is 0. The zero-order valence-electron chi connectivity index (χ0n) is 75.2. The summed E-state index contributed by atoms with van der Waals surface area (Å²) in [5.74, 6) is -1.27. The number of aliphatic hydroxyl groups is 1. The van der Waals surface area contributed by atoms with Gasteiger partial charge in [-0.1, -0.05) is 471 Å². The van der Waals surface area contributed by atoms with E-state index in [1.54, 1.807) is 0 Å². The topological polar surface area (TPSA) is 237 Å². The molecule has 0 rings (SSSR count). The molecule has 19 heteroatoms. The molecule has 0 fully saturated rings. The Morgan fingerprint density at radius 3 is 0.596 bits per heavy atom. The van der Waals surface area contributed by atoms with Crippen LogP contribution in [0.2, 0.25) is 0 Å². The number of aliphatic hydroxyl groups excluding tert-OH is 1. The lowest BCUT2D eigenvalue weighted by atomic mass is 10.0. The molecule has 2 unspecified atom stereocenters. The van der Waals surface area contributed by atoms with Crippen molar-refractivity contribution in [1.82, 2.24) is 0 Å². The van der Waals surface area contributed by atoms with Crippen molar-refractivity contribution in [2.75, 3.05) is 39.6 Å². The lowest BCUT2D eigenvalue weighted by Crippen LogP contribution is -2.30. The first-order chi connectivity index (χ1) is 55.5. The molecule has 0 aromatic heterocycles. The fourth-order valence-corrected chi connectivity index (χ4v) is 16.6. The number of phosphoric ester groups is 2. The molecule has 0 aliphatic heterocycles. The van der Waals surface area contributed by atoms with E-state index in [0.717, 1.165) is 95.8 Å². The summed E-state index contributed by atoms with van der Waals surface area (Å²) in [6.07, 6.45) is 84.8. The van der Waals surface area contributed by atoms with Gasteiger partial charge in [-0.25, -0.2) is 9.13 Å². The molecule has 0 heterocycles. The highest BCUT2D eigenvalue weighted by atomic mass is 31.2. The largest absolute Gasteiger partial charge is 0.472 e. The zero-order chi connectivity index (χ0) is 83.3. The maximum atomic E-state index is 13.2. The Kier molecular flexibility index (Phi) is 85.9. The molecule has 0 bridgehead atoms. The number of phosphoric acid groups is 2. The molecule has 0 aliphatic rings. The number of carbonyl (C=O) groups is 4. The van der Waals surface area contributed by atoms with Gasteiger partial charge in [0.1, 0.15) is 19.3 Å². The Hall–Kier alpha value is -1.94. The predicted molar refractivity (Wildman–Crippen MR) is 474 cm³/mol. The Bertz CT molecular complexity index is 2150. The van der Waals surface area contributed by atoms with Crippen molar-refractivity contribution in [3.63, 3.8) is 0 Å². The molecule has 0 saturated heterocycles. The van der Waals surface area contributed by atoms with E-state index in [0.29, 0.717) is 25.7 Å². The van der Waals surface area contributed by atoms with Crippen molar-refractivity contribution in [1.29, 1.82) is 0 Å². The fourth-order valence-electron chi connectivity index (χ4n) is 15.1. The Labute approximate surface area is 702 Å². The normalized spacial score (nSPS) is 13.6. The lowest BCUT2D eigenvalue weighted by molar-refractivity contribution is -0.161. The average Bonchev–Trinajstić information content (AvgIpc) is 0.898. The maximum Gasteiger partial charge on any atom is 0.472 e. The monoisotopic (exact) mass is 1660 g/mol. The van der Waals surface area contributed by atoms with Crippen molar-refractivity contribution in [3.05, 3.63) is 0 Å². The smallest absolute Gasteiger partial charge is 0.462 e. The molecule has 0 aliphatic carbocycles. The van der Waals surface area contributed by atoms with Crippen LogP contribution in [0.4, 0.5) is 0 Å². The minimum atomic E-state index is -4.97. The molecule has 0 spiro atoms. The number of esters is 4. The van der Waals surface area contributed by atoms with Crippen LogP contribution in [-0.4, -0.2) is 96.7 Å². The second kappa shape index (κ2) is 87.4. The van der Waals surface area contributed by atoms with Crippen LogP contribution >= 0.6 is 15.6 Å². The number of unbranched alkanes of at least 4 members (excludes halogenated alkanes) is 67. The van der Waals surface area contributed by atoms with Crippen molar-refractivity contribution < 1.29 is 80.2 Å². The van der Waals surface area contributed by atoms with E-state index in [1.165, 1.54) is 347 Å². The number of hydrogen-bond acceptors (Lipinski definition) is 15. The molecule has 5 atom stereocenters. The highest BCUT2D eigenvalue weighted by Gasteiger charge is 2.31. The number of ether oxygens (including phenoxy) is 4. The number of carbonyl (C=O) groups excluding carboxylic acids is 4. The van der Waals surface area contributed by atoms with Gasteiger partial charge in [0.25, 0.3) is 0 Å². The first-order valence-corrected chi connectivity index (χ1v) is 52.1. The highest BCUT2D eigenvalue weighted by Crippen LogP contribution is 2.45. The molecular weight excluding hydrogens is 1470 g/mol. The van der Waals surface area contributed by atoms with Crippen LogP contribution < -0.4 is 0 Å². The van der Waals surface area contributed by atoms with Gasteiger partial charge in [0, 0.05) is 25.7 Å². The average molecular weight is 1660 g/mol. The van der Waals surface area contributed by atoms with Crippen LogP contribution in [0.3, 0.4) is 0 Å². The quantitative estimate of drug-likeness (QED) is 0.0222. The molecular formula is C95H186O17P2. The van der Waals surface area contributed by atoms with Crippen LogP contribution in [0.25, 0.3) is 0 Å². The summed E-state index contributed by atoms with van der Waals surface area (Å²) in [5, 5.41) is 10.7.